The first-order valence-corrected chi connectivity index (χ1v) is 4.19. The second-order valence-corrected chi connectivity index (χ2v) is 3.34. The van der Waals surface area contributed by atoms with Gasteiger partial charge >= 0.3 is 5.97 Å². The second-order valence-electron chi connectivity index (χ2n) is 3.34. The lowest BCUT2D eigenvalue weighted by Gasteiger charge is -2.31. The van der Waals surface area contributed by atoms with Gasteiger partial charge in [-0.1, -0.05) is 19.1 Å². The molecule has 2 N–H and O–H groups in total. The molecule has 2 atom stereocenters. The molecule has 0 radical (unpaired) electrons. The molecule has 0 aromatic heterocycles. The molecule has 0 aliphatic heterocycles. The maximum Gasteiger partial charge on any atom is 0.310 e. The van der Waals surface area contributed by atoms with Crippen LogP contribution in [0.4, 0.5) is 0 Å². The zero-order chi connectivity index (χ0) is 9.19. The average Bonchev–Trinajstić information content (AvgIpc) is 2.04. The number of hydrogen-bond donors (Lipinski definition) is 2. The van der Waals surface area contributed by atoms with E-state index in [0.717, 1.165) is 0 Å². The van der Waals surface area contributed by atoms with Crippen molar-refractivity contribution in [3.63, 3.8) is 0 Å². The Kier molecular flexibility index (Phi) is 2.52. The molecule has 0 saturated carbocycles. The lowest BCUT2D eigenvalue weighted by atomic mass is 9.74. The summed E-state index contributed by atoms with van der Waals surface area (Å²) in [7, 11) is 0. The summed E-state index contributed by atoms with van der Waals surface area (Å²) in [6, 6.07) is 0. The highest BCUT2D eigenvalue weighted by atomic mass is 16.4. The molecule has 0 aromatic carbocycles. The fourth-order valence-corrected chi connectivity index (χ4v) is 1.62. The first kappa shape index (κ1) is 9.26. The van der Waals surface area contributed by atoms with Gasteiger partial charge in [-0.3, -0.25) is 4.79 Å². The van der Waals surface area contributed by atoms with E-state index in [4.69, 9.17) is 5.11 Å². The largest absolute Gasteiger partial charge is 0.481 e. The van der Waals surface area contributed by atoms with E-state index in [1.54, 1.807) is 12.2 Å². The van der Waals surface area contributed by atoms with E-state index in [9.17, 15) is 9.90 Å². The Bertz CT molecular complexity index is 210. The van der Waals surface area contributed by atoms with Crippen molar-refractivity contribution in [3.8, 4) is 0 Å². The highest BCUT2D eigenvalue weighted by Crippen LogP contribution is 2.36. The lowest BCUT2D eigenvalue weighted by molar-refractivity contribution is -0.151. The van der Waals surface area contributed by atoms with Gasteiger partial charge in [-0.05, 0) is 19.3 Å². The molecule has 1 aliphatic rings. The summed E-state index contributed by atoms with van der Waals surface area (Å²) in [4.78, 5) is 10.9. The number of aliphatic hydroxyl groups is 1. The summed E-state index contributed by atoms with van der Waals surface area (Å²) in [5, 5.41) is 18.2. The van der Waals surface area contributed by atoms with Gasteiger partial charge < -0.3 is 10.2 Å². The van der Waals surface area contributed by atoms with E-state index in [1.807, 2.05) is 6.92 Å². The summed E-state index contributed by atoms with van der Waals surface area (Å²) in [5.74, 6) is -0.798. The van der Waals surface area contributed by atoms with Crippen molar-refractivity contribution in [2.45, 2.75) is 32.3 Å². The van der Waals surface area contributed by atoms with Crippen LogP contribution in [0.5, 0.6) is 0 Å². The summed E-state index contributed by atoms with van der Waals surface area (Å²) in [6.07, 6.45) is 4.28. The molecule has 0 fully saturated rings. The van der Waals surface area contributed by atoms with Crippen LogP contribution in [0.15, 0.2) is 12.2 Å². The predicted octanol–water partition coefficient (Wildman–Crippen LogP) is 1.18. The van der Waals surface area contributed by atoms with Crippen molar-refractivity contribution in [1.82, 2.24) is 0 Å². The van der Waals surface area contributed by atoms with Crippen LogP contribution in [0.3, 0.4) is 0 Å². The number of hydrogen-bond acceptors (Lipinski definition) is 2. The Morgan fingerprint density at radius 3 is 2.75 bits per heavy atom. The second kappa shape index (κ2) is 3.27. The normalized spacial score (nSPS) is 35.0. The van der Waals surface area contributed by atoms with Crippen molar-refractivity contribution < 1.29 is 15.0 Å². The van der Waals surface area contributed by atoms with Crippen LogP contribution in [-0.2, 0) is 4.79 Å². The molecule has 1 aliphatic carbocycles. The molecular formula is C9H14O3. The van der Waals surface area contributed by atoms with E-state index < -0.39 is 17.5 Å². The Morgan fingerprint density at radius 2 is 2.42 bits per heavy atom. The molecule has 12 heavy (non-hydrogen) atoms. The van der Waals surface area contributed by atoms with E-state index in [2.05, 4.69) is 0 Å². The van der Waals surface area contributed by atoms with Gasteiger partial charge in [0, 0.05) is 0 Å². The van der Waals surface area contributed by atoms with Gasteiger partial charge in [-0.15, -0.1) is 0 Å². The van der Waals surface area contributed by atoms with Crippen LogP contribution in [0, 0.1) is 5.41 Å². The lowest BCUT2D eigenvalue weighted by Crippen LogP contribution is -2.35. The molecule has 0 aromatic rings. The van der Waals surface area contributed by atoms with Crippen LogP contribution in [0.1, 0.15) is 26.2 Å². The minimum Gasteiger partial charge on any atom is -0.481 e. The highest BCUT2D eigenvalue weighted by Gasteiger charge is 2.38. The Morgan fingerprint density at radius 1 is 1.75 bits per heavy atom. The van der Waals surface area contributed by atoms with Gasteiger partial charge in [0.1, 0.15) is 0 Å². The van der Waals surface area contributed by atoms with Gasteiger partial charge in [0.15, 0.2) is 0 Å². The smallest absolute Gasteiger partial charge is 0.310 e. The van der Waals surface area contributed by atoms with Gasteiger partial charge in [-0.25, -0.2) is 0 Å². The number of rotatable bonds is 2. The van der Waals surface area contributed by atoms with Gasteiger partial charge in [-0.2, -0.15) is 0 Å². The molecule has 0 saturated heterocycles. The fraction of sp³-hybridized carbons (Fsp3) is 0.667. The van der Waals surface area contributed by atoms with Crippen LogP contribution >= 0.6 is 0 Å². The minimum atomic E-state index is -0.798. The van der Waals surface area contributed by atoms with Gasteiger partial charge in [0.2, 0.25) is 0 Å². The Labute approximate surface area is 71.7 Å². The molecule has 0 heterocycles. The average molecular weight is 170 g/mol. The first-order valence-electron chi connectivity index (χ1n) is 4.19. The maximum atomic E-state index is 10.9. The van der Waals surface area contributed by atoms with Crippen molar-refractivity contribution in [3.05, 3.63) is 12.2 Å². The van der Waals surface area contributed by atoms with E-state index in [-0.39, 0.29) is 0 Å². The Hall–Kier alpha value is -0.830. The molecule has 68 valence electrons. The topological polar surface area (TPSA) is 57.5 Å². The van der Waals surface area contributed by atoms with E-state index in [1.165, 1.54) is 0 Å². The molecule has 0 spiro atoms. The van der Waals surface area contributed by atoms with Crippen LogP contribution < -0.4 is 0 Å². The summed E-state index contributed by atoms with van der Waals surface area (Å²) >= 11 is 0. The van der Waals surface area contributed by atoms with Crippen LogP contribution in [0.2, 0.25) is 0 Å². The number of aliphatic hydroxyl groups excluding tert-OH is 1. The third-order valence-corrected chi connectivity index (χ3v) is 2.60. The number of carboxylic acids is 1. The predicted molar refractivity (Wildman–Crippen MR) is 44.7 cm³/mol. The number of carbonyl (C=O) groups is 1. The number of carboxylic acid groups (broad SMARTS) is 1. The standard InChI is InChI=1S/C9H14O3/c1-2-9(8(11)12)5-3-4-7(10)6-9/h3-4,7,10H,2,5-6H2,1H3,(H,11,12). The number of allylic oxidation sites excluding steroid dienone is 1. The quantitative estimate of drug-likeness (QED) is 0.612. The van der Waals surface area contributed by atoms with E-state index in [0.29, 0.717) is 19.3 Å². The zero-order valence-electron chi connectivity index (χ0n) is 7.16. The molecule has 2 unspecified atom stereocenters. The summed E-state index contributed by atoms with van der Waals surface area (Å²) in [5.41, 5.74) is -0.728. The fourth-order valence-electron chi connectivity index (χ4n) is 1.62. The third-order valence-electron chi connectivity index (χ3n) is 2.60. The molecule has 0 bridgehead atoms. The number of aliphatic carboxylic acids is 1. The van der Waals surface area contributed by atoms with Crippen molar-refractivity contribution in [2.75, 3.05) is 0 Å². The van der Waals surface area contributed by atoms with Crippen molar-refractivity contribution >= 4 is 5.97 Å². The van der Waals surface area contributed by atoms with Crippen LogP contribution in [-0.4, -0.2) is 22.3 Å². The molecular weight excluding hydrogens is 156 g/mol. The van der Waals surface area contributed by atoms with E-state index >= 15 is 0 Å². The first-order chi connectivity index (χ1) is 5.60. The van der Waals surface area contributed by atoms with Crippen LogP contribution in [0.25, 0.3) is 0 Å². The monoisotopic (exact) mass is 170 g/mol. The van der Waals surface area contributed by atoms with Gasteiger partial charge in [0.05, 0.1) is 11.5 Å². The zero-order valence-corrected chi connectivity index (χ0v) is 7.16. The minimum absolute atomic E-state index is 0.343. The van der Waals surface area contributed by atoms with Crippen molar-refractivity contribution in [1.29, 1.82) is 0 Å². The third kappa shape index (κ3) is 1.50. The molecule has 0 amide bonds. The maximum absolute atomic E-state index is 10.9. The van der Waals surface area contributed by atoms with Gasteiger partial charge in [0.25, 0.3) is 0 Å². The molecule has 3 nitrogen and oxygen atoms in total. The van der Waals surface area contributed by atoms with Crippen molar-refractivity contribution in [2.24, 2.45) is 5.41 Å². The highest BCUT2D eigenvalue weighted by molar-refractivity contribution is 5.75. The molecule has 3 heteroatoms. The molecule has 1 rings (SSSR count). The summed E-state index contributed by atoms with van der Waals surface area (Å²) < 4.78 is 0. The Balaban J connectivity index is 2.81. The summed E-state index contributed by atoms with van der Waals surface area (Å²) in [6.45, 7) is 1.85. The SMILES string of the molecule is CCC1(C(=O)O)CC=CC(O)C1.